The first-order valence-corrected chi connectivity index (χ1v) is 7.69. The summed E-state index contributed by atoms with van der Waals surface area (Å²) in [4.78, 5) is 23.0. The summed E-state index contributed by atoms with van der Waals surface area (Å²) in [6, 6.07) is 11.3. The van der Waals surface area contributed by atoms with Gasteiger partial charge in [-0.3, -0.25) is 9.59 Å². The first-order valence-electron chi connectivity index (χ1n) is 7.69. The van der Waals surface area contributed by atoms with E-state index < -0.39 is 23.8 Å². The summed E-state index contributed by atoms with van der Waals surface area (Å²) in [5.74, 6) is -3.35. The maximum atomic E-state index is 13.6. The first kappa shape index (κ1) is 19.4. The molecule has 26 heavy (non-hydrogen) atoms. The van der Waals surface area contributed by atoms with Crippen molar-refractivity contribution in [3.8, 4) is 0 Å². The number of carbonyl (C=O) groups excluding carboxylic acids is 2. The number of anilines is 2. The molecule has 2 rings (SSSR count). The van der Waals surface area contributed by atoms with Gasteiger partial charge in [0, 0.05) is 17.3 Å². The van der Waals surface area contributed by atoms with Gasteiger partial charge in [0.05, 0.1) is 0 Å². The van der Waals surface area contributed by atoms with Crippen molar-refractivity contribution >= 4 is 23.2 Å². The number of halogens is 4. The highest BCUT2D eigenvalue weighted by molar-refractivity contribution is 5.96. The Kier molecular flexibility index (Phi) is 5.97. The van der Waals surface area contributed by atoms with Gasteiger partial charge in [-0.1, -0.05) is 25.1 Å². The predicted molar refractivity (Wildman–Crippen MR) is 89.0 cm³/mol. The molecule has 0 aliphatic carbocycles. The van der Waals surface area contributed by atoms with Gasteiger partial charge in [-0.15, -0.1) is 0 Å². The molecule has 0 aliphatic heterocycles. The monoisotopic (exact) mass is 368 g/mol. The van der Waals surface area contributed by atoms with Gasteiger partial charge in [-0.25, -0.2) is 4.39 Å². The number of carbonyl (C=O) groups is 2. The lowest BCUT2D eigenvalue weighted by Gasteiger charge is -2.13. The Labute approximate surface area is 147 Å². The van der Waals surface area contributed by atoms with E-state index in [0.717, 1.165) is 0 Å². The second-order valence-corrected chi connectivity index (χ2v) is 5.72. The van der Waals surface area contributed by atoms with Crippen molar-refractivity contribution in [1.29, 1.82) is 0 Å². The van der Waals surface area contributed by atoms with Crippen LogP contribution in [0.4, 0.5) is 28.9 Å². The van der Waals surface area contributed by atoms with Crippen LogP contribution in [0.25, 0.3) is 0 Å². The van der Waals surface area contributed by atoms with E-state index in [2.05, 4.69) is 5.32 Å². The zero-order valence-electron chi connectivity index (χ0n) is 13.7. The van der Waals surface area contributed by atoms with Crippen molar-refractivity contribution in [3.63, 3.8) is 0 Å². The summed E-state index contributed by atoms with van der Waals surface area (Å²) >= 11 is 0. The molecule has 0 saturated heterocycles. The molecule has 2 N–H and O–H groups in total. The van der Waals surface area contributed by atoms with E-state index in [9.17, 15) is 27.2 Å². The van der Waals surface area contributed by atoms with Crippen LogP contribution in [0.1, 0.15) is 12.5 Å². The van der Waals surface area contributed by atoms with Crippen LogP contribution in [-0.2, 0) is 16.0 Å². The van der Waals surface area contributed by atoms with E-state index in [1.807, 2.05) is 0 Å². The van der Waals surface area contributed by atoms with E-state index >= 15 is 0 Å². The van der Waals surface area contributed by atoms with Crippen molar-refractivity contribution in [3.05, 3.63) is 59.9 Å². The molecule has 1 unspecified atom stereocenters. The zero-order valence-corrected chi connectivity index (χ0v) is 13.7. The molecule has 8 heteroatoms. The average molecular weight is 368 g/mol. The van der Waals surface area contributed by atoms with Gasteiger partial charge in [0.1, 0.15) is 5.82 Å². The molecule has 2 aromatic carbocycles. The van der Waals surface area contributed by atoms with Crippen LogP contribution in [0.2, 0.25) is 0 Å². The van der Waals surface area contributed by atoms with Crippen LogP contribution in [-0.4, -0.2) is 18.0 Å². The van der Waals surface area contributed by atoms with Crippen molar-refractivity contribution in [1.82, 2.24) is 0 Å². The highest BCUT2D eigenvalue weighted by atomic mass is 19.4. The topological polar surface area (TPSA) is 58.2 Å². The van der Waals surface area contributed by atoms with Crippen LogP contribution in [0.15, 0.2) is 48.5 Å². The molecule has 0 aromatic heterocycles. The molecular weight excluding hydrogens is 352 g/mol. The number of hydrogen-bond acceptors (Lipinski definition) is 2. The first-order chi connectivity index (χ1) is 12.2. The highest BCUT2D eigenvalue weighted by Gasteiger charge is 2.38. The van der Waals surface area contributed by atoms with Crippen molar-refractivity contribution in [2.45, 2.75) is 19.5 Å². The minimum absolute atomic E-state index is 0.0512. The smallest absolute Gasteiger partial charge is 0.326 e. The summed E-state index contributed by atoms with van der Waals surface area (Å²) < 4.78 is 50.2. The maximum Gasteiger partial charge on any atom is 0.471 e. The molecule has 0 radical (unpaired) electrons. The van der Waals surface area contributed by atoms with Gasteiger partial charge in [-0.05, 0) is 42.3 Å². The summed E-state index contributed by atoms with van der Waals surface area (Å²) in [6.07, 6.45) is -4.77. The summed E-state index contributed by atoms with van der Waals surface area (Å²) in [7, 11) is 0. The molecule has 0 bridgehead atoms. The predicted octanol–water partition coefficient (Wildman–Crippen LogP) is 4.14. The Bertz CT molecular complexity index is 789. The number of alkyl halides is 3. The van der Waals surface area contributed by atoms with E-state index in [0.29, 0.717) is 11.3 Å². The zero-order chi connectivity index (χ0) is 19.3. The Balaban J connectivity index is 1.94. The second kappa shape index (κ2) is 7.99. The fraction of sp³-hybridized carbons (Fsp3) is 0.222. The number of rotatable bonds is 5. The van der Waals surface area contributed by atoms with E-state index in [4.69, 9.17) is 0 Å². The molecule has 2 aromatic rings. The summed E-state index contributed by atoms with van der Waals surface area (Å²) in [5.41, 5.74) is 0.713. The molecule has 4 nitrogen and oxygen atoms in total. The third kappa shape index (κ3) is 5.30. The lowest BCUT2D eigenvalue weighted by Crippen LogP contribution is -2.29. The fourth-order valence-corrected chi connectivity index (χ4v) is 2.19. The Morgan fingerprint density at radius 2 is 1.50 bits per heavy atom. The standard InChI is InChI=1S/C18H16F4N2O2/c1-11(10-12-4-2-3-5-15(12)19)16(25)23-13-6-8-14(9-7-13)24-17(26)18(20,21)22/h2-9,11H,10H2,1H3,(H,23,25)(H,24,26). The molecule has 138 valence electrons. The lowest BCUT2D eigenvalue weighted by molar-refractivity contribution is -0.167. The van der Waals surface area contributed by atoms with Crippen molar-refractivity contribution < 1.29 is 27.2 Å². The quantitative estimate of drug-likeness (QED) is 0.779. The average Bonchev–Trinajstić information content (AvgIpc) is 2.57. The van der Waals surface area contributed by atoms with Crippen LogP contribution in [0.3, 0.4) is 0 Å². The van der Waals surface area contributed by atoms with E-state index in [1.54, 1.807) is 30.4 Å². The Hall–Kier alpha value is -2.90. The maximum absolute atomic E-state index is 13.6. The molecule has 1 atom stereocenters. The molecule has 2 amide bonds. The largest absolute Gasteiger partial charge is 0.471 e. The summed E-state index contributed by atoms with van der Waals surface area (Å²) in [6.45, 7) is 1.64. The second-order valence-electron chi connectivity index (χ2n) is 5.72. The van der Waals surface area contributed by atoms with Gasteiger partial charge < -0.3 is 10.6 Å². The number of amides is 2. The molecule has 0 aliphatic rings. The van der Waals surface area contributed by atoms with Crippen molar-refractivity contribution in [2.24, 2.45) is 5.92 Å². The number of hydrogen-bond donors (Lipinski definition) is 2. The van der Waals surface area contributed by atoms with Crippen LogP contribution in [0, 0.1) is 11.7 Å². The third-order valence-corrected chi connectivity index (χ3v) is 3.60. The van der Waals surface area contributed by atoms with Crippen LogP contribution < -0.4 is 10.6 Å². The molecule has 0 heterocycles. The van der Waals surface area contributed by atoms with E-state index in [-0.39, 0.29) is 18.0 Å². The Morgan fingerprint density at radius 1 is 0.962 bits per heavy atom. The van der Waals surface area contributed by atoms with Gasteiger partial charge in [0.15, 0.2) is 0 Å². The van der Waals surface area contributed by atoms with Gasteiger partial charge in [-0.2, -0.15) is 13.2 Å². The number of nitrogens with one attached hydrogen (secondary N) is 2. The van der Waals surface area contributed by atoms with Gasteiger partial charge in [0.2, 0.25) is 5.91 Å². The van der Waals surface area contributed by atoms with Crippen LogP contribution in [0.5, 0.6) is 0 Å². The van der Waals surface area contributed by atoms with E-state index in [1.165, 1.54) is 30.3 Å². The highest BCUT2D eigenvalue weighted by Crippen LogP contribution is 2.20. The Morgan fingerprint density at radius 3 is 2.04 bits per heavy atom. The minimum Gasteiger partial charge on any atom is -0.326 e. The fourth-order valence-electron chi connectivity index (χ4n) is 2.19. The van der Waals surface area contributed by atoms with Crippen LogP contribution >= 0.6 is 0 Å². The summed E-state index contributed by atoms with van der Waals surface area (Å²) in [5, 5.41) is 4.30. The molecular formula is C18H16F4N2O2. The molecule has 0 spiro atoms. The third-order valence-electron chi connectivity index (χ3n) is 3.60. The van der Waals surface area contributed by atoms with Gasteiger partial charge >= 0.3 is 12.1 Å². The SMILES string of the molecule is CC(Cc1ccccc1F)C(=O)Nc1ccc(NC(=O)C(F)(F)F)cc1. The molecule has 0 saturated carbocycles. The number of benzene rings is 2. The lowest BCUT2D eigenvalue weighted by atomic mass is 10.00. The van der Waals surface area contributed by atoms with Gasteiger partial charge in [0.25, 0.3) is 0 Å². The molecule has 0 fully saturated rings. The van der Waals surface area contributed by atoms with Crippen molar-refractivity contribution in [2.75, 3.05) is 10.6 Å². The minimum atomic E-state index is -4.98. The normalized spacial score (nSPS) is 12.3.